The molecule has 5 nitrogen and oxygen atoms in total. The molecule has 0 spiro atoms. The minimum Gasteiger partial charge on any atom is -0.489 e. The van der Waals surface area contributed by atoms with Gasteiger partial charge in [-0.15, -0.1) is 0 Å². The summed E-state index contributed by atoms with van der Waals surface area (Å²) >= 11 is 0. The van der Waals surface area contributed by atoms with Crippen molar-refractivity contribution in [3.63, 3.8) is 0 Å². The first-order valence-electron chi connectivity index (χ1n) is 9.42. The number of ether oxygens (including phenoxy) is 1. The smallest absolute Gasteiger partial charge is 0.269 e. The third-order valence-corrected chi connectivity index (χ3v) is 5.64. The van der Waals surface area contributed by atoms with E-state index in [1.807, 2.05) is 18.2 Å². The lowest BCUT2D eigenvalue weighted by Crippen LogP contribution is -2.35. The molecule has 0 aromatic heterocycles. The predicted molar refractivity (Wildman–Crippen MR) is 100 cm³/mol. The largest absolute Gasteiger partial charge is 0.489 e. The molecule has 2 aliphatic heterocycles. The summed E-state index contributed by atoms with van der Waals surface area (Å²) in [7, 11) is 0. The van der Waals surface area contributed by atoms with E-state index in [-0.39, 0.29) is 10.6 Å². The molecule has 0 unspecified atom stereocenters. The number of benzene rings is 2. The summed E-state index contributed by atoms with van der Waals surface area (Å²) in [5.41, 5.74) is 2.27. The number of nitro groups is 1. The molecule has 0 saturated carbocycles. The van der Waals surface area contributed by atoms with Crippen LogP contribution in [0.4, 0.5) is 5.69 Å². The highest BCUT2D eigenvalue weighted by Gasteiger charge is 2.35. The number of fused-ring (bicyclic) bond motifs is 1. The van der Waals surface area contributed by atoms with Crippen LogP contribution in [0.2, 0.25) is 0 Å². The Hall–Kier alpha value is -2.40. The number of rotatable bonds is 5. The standard InChI is InChI=1S/C21H24N2O3/c24-23(25)19-6-3-4-16(14-19)15-26-20-10-7-17(8-11-20)21-12-9-18-5-1-2-13-22(18)21/h3-4,6-8,10-11,14,18,21H,1-2,5,9,12-13,15H2/t18-,21+/m1/s1. The second-order valence-electron chi connectivity index (χ2n) is 7.27. The molecule has 2 aromatic carbocycles. The topological polar surface area (TPSA) is 55.6 Å². The Bertz CT molecular complexity index is 775. The molecule has 2 atom stereocenters. The number of nitrogens with zero attached hydrogens (tertiary/aromatic N) is 2. The van der Waals surface area contributed by atoms with Crippen molar-refractivity contribution < 1.29 is 9.66 Å². The van der Waals surface area contributed by atoms with Crippen molar-refractivity contribution in [2.45, 2.75) is 50.8 Å². The number of non-ortho nitro benzene ring substituents is 1. The Balaban J connectivity index is 1.39. The quantitative estimate of drug-likeness (QED) is 0.569. The van der Waals surface area contributed by atoms with Crippen LogP contribution in [0.3, 0.4) is 0 Å². The fourth-order valence-corrected chi connectivity index (χ4v) is 4.33. The summed E-state index contributed by atoms with van der Waals surface area (Å²) in [6.07, 6.45) is 6.60. The maximum absolute atomic E-state index is 10.9. The number of piperidine rings is 1. The van der Waals surface area contributed by atoms with Crippen molar-refractivity contribution in [2.24, 2.45) is 0 Å². The van der Waals surface area contributed by atoms with E-state index in [9.17, 15) is 10.1 Å². The number of nitro benzene ring substituents is 1. The van der Waals surface area contributed by atoms with Crippen molar-refractivity contribution in [3.05, 3.63) is 69.8 Å². The molecule has 0 aliphatic carbocycles. The van der Waals surface area contributed by atoms with E-state index in [2.05, 4.69) is 17.0 Å². The van der Waals surface area contributed by atoms with Crippen molar-refractivity contribution in [3.8, 4) is 5.75 Å². The third kappa shape index (κ3) is 3.58. The lowest BCUT2D eigenvalue weighted by Gasteiger charge is -2.34. The average Bonchev–Trinajstić information content (AvgIpc) is 3.11. The number of hydrogen-bond acceptors (Lipinski definition) is 4. The molecular formula is C21H24N2O3. The molecule has 136 valence electrons. The molecule has 2 aromatic rings. The van der Waals surface area contributed by atoms with Crippen LogP contribution in [-0.4, -0.2) is 22.4 Å². The zero-order valence-corrected chi connectivity index (χ0v) is 14.8. The normalized spacial score (nSPS) is 22.8. The fraction of sp³-hybridized carbons (Fsp3) is 0.429. The van der Waals surface area contributed by atoms with Gasteiger partial charge in [-0.3, -0.25) is 15.0 Å². The second-order valence-corrected chi connectivity index (χ2v) is 7.27. The summed E-state index contributed by atoms with van der Waals surface area (Å²) in [4.78, 5) is 13.2. The highest BCUT2D eigenvalue weighted by atomic mass is 16.6. The molecule has 0 bridgehead atoms. The van der Waals surface area contributed by atoms with Crippen LogP contribution in [0.15, 0.2) is 48.5 Å². The molecule has 2 heterocycles. The van der Waals surface area contributed by atoms with Crippen LogP contribution >= 0.6 is 0 Å². The third-order valence-electron chi connectivity index (χ3n) is 5.64. The second kappa shape index (κ2) is 7.46. The van der Waals surface area contributed by atoms with Gasteiger partial charge in [0.15, 0.2) is 0 Å². The lowest BCUT2D eigenvalue weighted by molar-refractivity contribution is -0.384. The van der Waals surface area contributed by atoms with Gasteiger partial charge in [0.1, 0.15) is 12.4 Å². The molecule has 2 aliphatic rings. The molecule has 2 saturated heterocycles. The Morgan fingerprint density at radius 1 is 1.08 bits per heavy atom. The number of hydrogen-bond donors (Lipinski definition) is 0. The van der Waals surface area contributed by atoms with Crippen molar-refractivity contribution in [1.29, 1.82) is 0 Å². The van der Waals surface area contributed by atoms with Gasteiger partial charge in [-0.05, 0) is 55.5 Å². The van der Waals surface area contributed by atoms with E-state index in [0.717, 1.165) is 17.4 Å². The monoisotopic (exact) mass is 352 g/mol. The van der Waals surface area contributed by atoms with Gasteiger partial charge >= 0.3 is 0 Å². The molecular weight excluding hydrogens is 328 g/mol. The Morgan fingerprint density at radius 2 is 1.92 bits per heavy atom. The molecule has 0 amide bonds. The van der Waals surface area contributed by atoms with Crippen LogP contribution < -0.4 is 4.74 Å². The van der Waals surface area contributed by atoms with E-state index in [4.69, 9.17) is 4.74 Å². The summed E-state index contributed by atoms with van der Waals surface area (Å²) in [6, 6.07) is 16.3. The van der Waals surface area contributed by atoms with E-state index in [1.165, 1.54) is 50.3 Å². The van der Waals surface area contributed by atoms with Gasteiger partial charge in [-0.1, -0.05) is 30.7 Å². The van der Waals surface area contributed by atoms with Crippen LogP contribution in [0, 0.1) is 10.1 Å². The molecule has 2 fully saturated rings. The summed E-state index contributed by atoms with van der Waals surface area (Å²) in [5.74, 6) is 0.799. The Morgan fingerprint density at radius 3 is 2.73 bits per heavy atom. The van der Waals surface area contributed by atoms with E-state index >= 15 is 0 Å². The highest BCUT2D eigenvalue weighted by molar-refractivity contribution is 5.35. The lowest BCUT2D eigenvalue weighted by atomic mass is 10.0. The first-order valence-corrected chi connectivity index (χ1v) is 9.42. The fourth-order valence-electron chi connectivity index (χ4n) is 4.33. The van der Waals surface area contributed by atoms with Gasteiger partial charge in [-0.2, -0.15) is 0 Å². The van der Waals surface area contributed by atoms with Crippen molar-refractivity contribution >= 4 is 5.69 Å². The van der Waals surface area contributed by atoms with Crippen molar-refractivity contribution in [1.82, 2.24) is 4.90 Å². The molecule has 0 radical (unpaired) electrons. The Kier molecular flexibility index (Phi) is 4.89. The first kappa shape index (κ1) is 17.0. The Labute approximate surface area is 153 Å². The molecule has 5 heteroatoms. The minimum atomic E-state index is -0.381. The van der Waals surface area contributed by atoms with E-state index < -0.39 is 0 Å². The summed E-state index contributed by atoms with van der Waals surface area (Å²) in [5, 5.41) is 10.9. The summed E-state index contributed by atoms with van der Waals surface area (Å²) in [6.45, 7) is 1.55. The van der Waals surface area contributed by atoms with Gasteiger partial charge in [0.25, 0.3) is 5.69 Å². The minimum absolute atomic E-state index is 0.0961. The summed E-state index contributed by atoms with van der Waals surface area (Å²) < 4.78 is 5.81. The van der Waals surface area contributed by atoms with Crippen LogP contribution in [0.25, 0.3) is 0 Å². The average molecular weight is 352 g/mol. The first-order chi connectivity index (χ1) is 12.7. The van der Waals surface area contributed by atoms with Crippen LogP contribution in [0.1, 0.15) is 49.3 Å². The van der Waals surface area contributed by atoms with Crippen LogP contribution in [-0.2, 0) is 6.61 Å². The van der Waals surface area contributed by atoms with Crippen LogP contribution in [0.5, 0.6) is 5.75 Å². The molecule has 0 N–H and O–H groups in total. The van der Waals surface area contributed by atoms with Gasteiger partial charge < -0.3 is 4.74 Å². The van der Waals surface area contributed by atoms with E-state index in [0.29, 0.717) is 12.6 Å². The molecule has 26 heavy (non-hydrogen) atoms. The van der Waals surface area contributed by atoms with Gasteiger partial charge in [0.05, 0.1) is 4.92 Å². The zero-order valence-electron chi connectivity index (χ0n) is 14.8. The maximum Gasteiger partial charge on any atom is 0.269 e. The van der Waals surface area contributed by atoms with Gasteiger partial charge in [0.2, 0.25) is 0 Å². The SMILES string of the molecule is O=[N+]([O-])c1cccc(COc2ccc([C@@H]3CC[C@H]4CCCCN43)cc2)c1. The van der Waals surface area contributed by atoms with Crippen molar-refractivity contribution in [2.75, 3.05) is 6.54 Å². The predicted octanol–water partition coefficient (Wildman–Crippen LogP) is 4.86. The van der Waals surface area contributed by atoms with Gasteiger partial charge in [0, 0.05) is 24.2 Å². The maximum atomic E-state index is 10.9. The van der Waals surface area contributed by atoms with E-state index in [1.54, 1.807) is 12.1 Å². The zero-order chi connectivity index (χ0) is 17.9. The molecule has 4 rings (SSSR count). The highest BCUT2D eigenvalue weighted by Crippen LogP contribution is 2.40. The van der Waals surface area contributed by atoms with Gasteiger partial charge in [-0.25, -0.2) is 0 Å².